The Morgan fingerprint density at radius 2 is 2.21 bits per heavy atom. The van der Waals surface area contributed by atoms with Crippen molar-refractivity contribution in [1.29, 1.82) is 0 Å². The van der Waals surface area contributed by atoms with Crippen LogP contribution in [0.3, 0.4) is 0 Å². The molecule has 0 aromatic heterocycles. The standard InChI is InChI=1S/C14H25NO4/c1-3-4-5-13(16)12(15-14(17)18-2)10-11-6-8-19-9-7-11/h10,12,14-15,17H,3-9H2,1-2H3. The molecule has 0 aliphatic carbocycles. The lowest BCUT2D eigenvalue weighted by Crippen LogP contribution is -2.43. The Balaban J connectivity index is 2.64. The van der Waals surface area contributed by atoms with Crippen molar-refractivity contribution < 1.29 is 19.4 Å². The van der Waals surface area contributed by atoms with Crippen LogP contribution >= 0.6 is 0 Å². The van der Waals surface area contributed by atoms with E-state index < -0.39 is 12.5 Å². The molecule has 1 fully saturated rings. The fourth-order valence-corrected chi connectivity index (χ4v) is 2.00. The summed E-state index contributed by atoms with van der Waals surface area (Å²) < 4.78 is 10.1. The SMILES string of the molecule is CCCCC(=O)C(C=C1CCOCC1)NC(O)OC. The smallest absolute Gasteiger partial charge is 0.214 e. The van der Waals surface area contributed by atoms with Crippen LogP contribution in [0.1, 0.15) is 39.0 Å². The van der Waals surface area contributed by atoms with Gasteiger partial charge in [-0.3, -0.25) is 10.1 Å². The van der Waals surface area contributed by atoms with E-state index in [0.29, 0.717) is 19.6 Å². The number of hydrogen-bond donors (Lipinski definition) is 2. The van der Waals surface area contributed by atoms with E-state index in [2.05, 4.69) is 12.2 Å². The van der Waals surface area contributed by atoms with Gasteiger partial charge < -0.3 is 14.6 Å². The minimum atomic E-state index is -1.12. The monoisotopic (exact) mass is 271 g/mol. The molecule has 0 radical (unpaired) electrons. The van der Waals surface area contributed by atoms with E-state index in [4.69, 9.17) is 9.47 Å². The summed E-state index contributed by atoms with van der Waals surface area (Å²) in [5.41, 5.74) is 1.21. The van der Waals surface area contributed by atoms with E-state index in [1.54, 1.807) is 0 Å². The number of methoxy groups -OCH3 is 1. The summed E-state index contributed by atoms with van der Waals surface area (Å²) in [7, 11) is 1.40. The number of hydrogen-bond acceptors (Lipinski definition) is 5. The third kappa shape index (κ3) is 6.29. The Bertz CT molecular complexity index is 296. The maximum absolute atomic E-state index is 12.1. The zero-order chi connectivity index (χ0) is 14.1. The zero-order valence-corrected chi connectivity index (χ0v) is 11.9. The summed E-state index contributed by atoms with van der Waals surface area (Å²) in [4.78, 5) is 12.1. The van der Waals surface area contributed by atoms with Crippen molar-refractivity contribution in [3.05, 3.63) is 11.6 Å². The largest absolute Gasteiger partial charge is 0.381 e. The third-order valence-corrected chi connectivity index (χ3v) is 3.21. The Hall–Kier alpha value is -0.750. The first-order chi connectivity index (χ1) is 9.17. The highest BCUT2D eigenvalue weighted by Gasteiger charge is 2.19. The van der Waals surface area contributed by atoms with Gasteiger partial charge >= 0.3 is 0 Å². The molecular weight excluding hydrogens is 246 g/mol. The summed E-state index contributed by atoms with van der Waals surface area (Å²) in [6, 6.07) is -0.477. The Labute approximate surface area is 115 Å². The van der Waals surface area contributed by atoms with Gasteiger partial charge in [-0.15, -0.1) is 0 Å². The summed E-state index contributed by atoms with van der Waals surface area (Å²) in [5, 5.41) is 12.3. The van der Waals surface area contributed by atoms with Crippen LogP contribution in [-0.2, 0) is 14.3 Å². The second kappa shape index (κ2) is 9.20. The lowest BCUT2D eigenvalue weighted by molar-refractivity contribution is -0.128. The molecule has 0 amide bonds. The number of carbonyl (C=O) groups excluding carboxylic acids is 1. The average molecular weight is 271 g/mol. The molecule has 0 aromatic rings. The molecule has 1 rings (SSSR count). The van der Waals surface area contributed by atoms with Crippen molar-refractivity contribution in [1.82, 2.24) is 5.32 Å². The molecule has 110 valence electrons. The molecule has 0 spiro atoms. The molecule has 1 heterocycles. The fourth-order valence-electron chi connectivity index (χ4n) is 2.00. The summed E-state index contributed by atoms with van der Waals surface area (Å²) in [5.74, 6) is 0.0944. The number of nitrogens with one attached hydrogen (secondary N) is 1. The zero-order valence-electron chi connectivity index (χ0n) is 11.9. The lowest BCUT2D eigenvalue weighted by Gasteiger charge is -2.21. The quantitative estimate of drug-likeness (QED) is 0.515. The summed E-state index contributed by atoms with van der Waals surface area (Å²) in [6.07, 6.45) is 4.87. The van der Waals surface area contributed by atoms with E-state index in [0.717, 1.165) is 25.7 Å². The van der Waals surface area contributed by atoms with E-state index >= 15 is 0 Å². The van der Waals surface area contributed by atoms with E-state index in [9.17, 15) is 9.90 Å². The maximum Gasteiger partial charge on any atom is 0.214 e. The van der Waals surface area contributed by atoms with Crippen LogP contribution in [0, 0.1) is 0 Å². The molecule has 5 nitrogen and oxygen atoms in total. The van der Waals surface area contributed by atoms with E-state index in [1.165, 1.54) is 12.7 Å². The molecular formula is C14H25NO4. The predicted molar refractivity (Wildman–Crippen MR) is 72.6 cm³/mol. The molecule has 1 aliphatic heterocycles. The molecule has 0 bridgehead atoms. The van der Waals surface area contributed by atoms with Gasteiger partial charge in [-0.2, -0.15) is 0 Å². The molecule has 0 saturated carbocycles. The Morgan fingerprint density at radius 1 is 1.53 bits per heavy atom. The first-order valence-corrected chi connectivity index (χ1v) is 6.94. The molecule has 2 atom stereocenters. The van der Waals surface area contributed by atoms with Gasteiger partial charge in [0, 0.05) is 13.5 Å². The van der Waals surface area contributed by atoms with Crippen LogP contribution in [0.25, 0.3) is 0 Å². The van der Waals surface area contributed by atoms with Gasteiger partial charge in [-0.25, -0.2) is 0 Å². The average Bonchev–Trinajstić information content (AvgIpc) is 2.44. The topological polar surface area (TPSA) is 67.8 Å². The third-order valence-electron chi connectivity index (χ3n) is 3.21. The van der Waals surface area contributed by atoms with Gasteiger partial charge in [0.15, 0.2) is 5.78 Å². The van der Waals surface area contributed by atoms with Crippen molar-refractivity contribution in [2.75, 3.05) is 20.3 Å². The number of aliphatic hydroxyl groups excluding tert-OH is 1. The summed E-state index contributed by atoms with van der Waals surface area (Å²) in [6.45, 7) is 3.46. The van der Waals surface area contributed by atoms with Gasteiger partial charge in [0.05, 0.1) is 19.3 Å². The Kier molecular flexibility index (Phi) is 7.90. The van der Waals surface area contributed by atoms with Gasteiger partial charge in [0.25, 0.3) is 0 Å². The minimum Gasteiger partial charge on any atom is -0.381 e. The second-order valence-electron chi connectivity index (χ2n) is 4.74. The number of ether oxygens (including phenoxy) is 2. The van der Waals surface area contributed by atoms with Gasteiger partial charge in [0.1, 0.15) is 0 Å². The number of unbranched alkanes of at least 4 members (excludes halogenated alkanes) is 1. The highest BCUT2D eigenvalue weighted by atomic mass is 16.6. The number of carbonyl (C=O) groups is 1. The van der Waals surface area contributed by atoms with Crippen LogP contribution in [0.4, 0.5) is 0 Å². The fraction of sp³-hybridized carbons (Fsp3) is 0.786. The van der Waals surface area contributed by atoms with E-state index in [-0.39, 0.29) is 5.78 Å². The summed E-state index contributed by atoms with van der Waals surface area (Å²) >= 11 is 0. The molecule has 1 saturated heterocycles. The van der Waals surface area contributed by atoms with Gasteiger partial charge in [-0.1, -0.05) is 25.0 Å². The van der Waals surface area contributed by atoms with Crippen molar-refractivity contribution in [3.63, 3.8) is 0 Å². The second-order valence-corrected chi connectivity index (χ2v) is 4.74. The Morgan fingerprint density at radius 3 is 2.79 bits per heavy atom. The lowest BCUT2D eigenvalue weighted by atomic mass is 10.00. The molecule has 1 aliphatic rings. The normalized spacial score (nSPS) is 19.0. The van der Waals surface area contributed by atoms with Crippen LogP contribution in [0.15, 0.2) is 11.6 Å². The van der Waals surface area contributed by atoms with Crippen molar-refractivity contribution in [2.45, 2.75) is 51.5 Å². The highest BCUT2D eigenvalue weighted by Crippen LogP contribution is 2.15. The molecule has 2 N–H and O–H groups in total. The maximum atomic E-state index is 12.1. The van der Waals surface area contributed by atoms with Crippen LogP contribution in [0.2, 0.25) is 0 Å². The first kappa shape index (κ1) is 16.3. The van der Waals surface area contributed by atoms with Gasteiger partial charge in [0.2, 0.25) is 6.41 Å². The van der Waals surface area contributed by atoms with E-state index in [1.807, 2.05) is 6.08 Å². The predicted octanol–water partition coefficient (Wildman–Crippen LogP) is 1.36. The molecule has 0 aromatic carbocycles. The van der Waals surface area contributed by atoms with Crippen molar-refractivity contribution >= 4 is 5.78 Å². The van der Waals surface area contributed by atoms with Crippen LogP contribution in [-0.4, -0.2) is 43.7 Å². The first-order valence-electron chi connectivity index (χ1n) is 6.94. The van der Waals surface area contributed by atoms with Gasteiger partial charge in [-0.05, 0) is 19.3 Å². The molecule has 5 heteroatoms. The highest BCUT2D eigenvalue weighted by molar-refractivity contribution is 5.86. The van der Waals surface area contributed by atoms with Crippen LogP contribution < -0.4 is 5.32 Å². The minimum absolute atomic E-state index is 0.0944. The molecule has 19 heavy (non-hydrogen) atoms. The number of ketones is 1. The number of Topliss-reactive ketones (excluding diaryl/α,β-unsaturated/α-hetero) is 1. The number of rotatable bonds is 8. The van der Waals surface area contributed by atoms with Crippen molar-refractivity contribution in [3.8, 4) is 0 Å². The van der Waals surface area contributed by atoms with Crippen LogP contribution in [0.5, 0.6) is 0 Å². The molecule has 2 unspecified atom stereocenters. The van der Waals surface area contributed by atoms with Crippen molar-refractivity contribution in [2.24, 2.45) is 0 Å². The number of aliphatic hydroxyl groups is 1.